The molecule has 0 unspecified atom stereocenters. The fourth-order valence-corrected chi connectivity index (χ4v) is 1.57. The molecule has 0 atom stereocenters. The third kappa shape index (κ3) is 3.67. The lowest BCUT2D eigenvalue weighted by Gasteiger charge is -2.04. The van der Waals surface area contributed by atoms with Crippen molar-refractivity contribution in [1.82, 2.24) is 9.97 Å². The molecule has 0 aliphatic rings. The summed E-state index contributed by atoms with van der Waals surface area (Å²) in [6.45, 7) is 0. The van der Waals surface area contributed by atoms with E-state index in [4.69, 9.17) is 5.11 Å². The summed E-state index contributed by atoms with van der Waals surface area (Å²) >= 11 is 0. The topological polar surface area (TPSA) is 95.1 Å². The SMILES string of the molecule is O=C(CCc1cc[nH]c1)Nc1ccc(C(=O)O)cn1. The summed E-state index contributed by atoms with van der Waals surface area (Å²) in [6.07, 6.45) is 5.85. The van der Waals surface area contributed by atoms with Gasteiger partial charge in [0.2, 0.25) is 5.91 Å². The number of hydrogen-bond acceptors (Lipinski definition) is 3. The van der Waals surface area contributed by atoms with Crippen LogP contribution in [-0.4, -0.2) is 27.0 Å². The molecule has 2 aromatic rings. The van der Waals surface area contributed by atoms with Gasteiger partial charge in [-0.25, -0.2) is 9.78 Å². The molecule has 0 bridgehead atoms. The van der Waals surface area contributed by atoms with Gasteiger partial charge in [0.05, 0.1) is 5.56 Å². The van der Waals surface area contributed by atoms with Crippen molar-refractivity contribution < 1.29 is 14.7 Å². The number of aromatic amines is 1. The van der Waals surface area contributed by atoms with Crippen molar-refractivity contribution in [2.45, 2.75) is 12.8 Å². The van der Waals surface area contributed by atoms with E-state index in [-0.39, 0.29) is 11.5 Å². The van der Waals surface area contributed by atoms with Crippen molar-refractivity contribution in [2.75, 3.05) is 5.32 Å². The molecular weight excluding hydrogens is 246 g/mol. The van der Waals surface area contributed by atoms with Gasteiger partial charge < -0.3 is 15.4 Å². The fourth-order valence-electron chi connectivity index (χ4n) is 1.57. The number of pyridine rings is 1. The van der Waals surface area contributed by atoms with Gasteiger partial charge in [-0.2, -0.15) is 0 Å². The van der Waals surface area contributed by atoms with Crippen LogP contribution in [-0.2, 0) is 11.2 Å². The van der Waals surface area contributed by atoms with Crippen LogP contribution in [0.1, 0.15) is 22.3 Å². The van der Waals surface area contributed by atoms with Crippen LogP contribution in [0.4, 0.5) is 5.82 Å². The van der Waals surface area contributed by atoms with E-state index < -0.39 is 5.97 Å². The number of carboxylic acid groups (broad SMARTS) is 1. The Bertz CT molecular complexity index is 561. The number of H-pyrrole nitrogens is 1. The molecule has 6 nitrogen and oxygen atoms in total. The minimum Gasteiger partial charge on any atom is -0.478 e. The monoisotopic (exact) mass is 259 g/mol. The predicted molar refractivity (Wildman–Crippen MR) is 68.9 cm³/mol. The van der Waals surface area contributed by atoms with E-state index in [2.05, 4.69) is 15.3 Å². The Morgan fingerprint density at radius 3 is 2.74 bits per heavy atom. The second-order valence-electron chi connectivity index (χ2n) is 4.00. The maximum atomic E-state index is 11.6. The number of amides is 1. The molecule has 19 heavy (non-hydrogen) atoms. The molecule has 98 valence electrons. The summed E-state index contributed by atoms with van der Waals surface area (Å²) in [5.74, 6) is -0.848. The molecule has 1 amide bonds. The van der Waals surface area contributed by atoms with E-state index in [0.717, 1.165) is 5.56 Å². The van der Waals surface area contributed by atoms with Crippen LogP contribution < -0.4 is 5.32 Å². The van der Waals surface area contributed by atoms with E-state index in [1.807, 2.05) is 12.3 Å². The Morgan fingerprint density at radius 2 is 2.16 bits per heavy atom. The van der Waals surface area contributed by atoms with Crippen molar-refractivity contribution in [1.29, 1.82) is 0 Å². The molecule has 0 aromatic carbocycles. The highest BCUT2D eigenvalue weighted by Crippen LogP contribution is 2.07. The molecule has 2 rings (SSSR count). The Kier molecular flexibility index (Phi) is 3.92. The number of aryl methyl sites for hydroxylation is 1. The normalized spacial score (nSPS) is 10.1. The number of aromatic carboxylic acids is 1. The summed E-state index contributed by atoms with van der Waals surface area (Å²) in [5.41, 5.74) is 1.15. The maximum Gasteiger partial charge on any atom is 0.337 e. The van der Waals surface area contributed by atoms with Gasteiger partial charge >= 0.3 is 5.97 Å². The molecule has 0 saturated carbocycles. The first-order valence-corrected chi connectivity index (χ1v) is 5.76. The smallest absolute Gasteiger partial charge is 0.337 e. The molecule has 0 aliphatic carbocycles. The number of nitrogens with one attached hydrogen (secondary N) is 2. The van der Waals surface area contributed by atoms with Crippen LogP contribution in [0.25, 0.3) is 0 Å². The lowest BCUT2D eigenvalue weighted by atomic mass is 10.2. The summed E-state index contributed by atoms with van der Waals surface area (Å²) < 4.78 is 0. The van der Waals surface area contributed by atoms with Gasteiger partial charge in [0.25, 0.3) is 0 Å². The van der Waals surface area contributed by atoms with E-state index in [1.54, 1.807) is 6.20 Å². The van der Waals surface area contributed by atoms with Gasteiger partial charge in [-0.3, -0.25) is 4.79 Å². The van der Waals surface area contributed by atoms with Crippen molar-refractivity contribution in [3.8, 4) is 0 Å². The van der Waals surface area contributed by atoms with E-state index >= 15 is 0 Å². The highest BCUT2D eigenvalue weighted by molar-refractivity contribution is 5.91. The second-order valence-corrected chi connectivity index (χ2v) is 4.00. The number of aromatic nitrogens is 2. The van der Waals surface area contributed by atoms with E-state index in [1.165, 1.54) is 18.3 Å². The molecule has 2 aromatic heterocycles. The quantitative estimate of drug-likeness (QED) is 0.761. The Labute approximate surface area is 109 Å². The highest BCUT2D eigenvalue weighted by Gasteiger charge is 2.06. The number of carbonyl (C=O) groups is 2. The second kappa shape index (κ2) is 5.81. The molecule has 0 saturated heterocycles. The Hall–Kier alpha value is -2.63. The standard InChI is InChI=1S/C13H13N3O3/c17-12(4-1-9-5-6-14-7-9)16-11-3-2-10(8-15-11)13(18)19/h2-3,5-8,14H,1,4H2,(H,18,19)(H,15,16,17). The molecule has 2 heterocycles. The zero-order chi connectivity index (χ0) is 13.7. The van der Waals surface area contributed by atoms with Crippen LogP contribution in [0.2, 0.25) is 0 Å². The van der Waals surface area contributed by atoms with Crippen LogP contribution in [0.3, 0.4) is 0 Å². The average molecular weight is 259 g/mol. The first-order valence-electron chi connectivity index (χ1n) is 5.76. The van der Waals surface area contributed by atoms with Crippen LogP contribution >= 0.6 is 0 Å². The number of anilines is 1. The first kappa shape index (κ1) is 12.8. The largest absolute Gasteiger partial charge is 0.478 e. The molecule has 0 aliphatic heterocycles. The number of carbonyl (C=O) groups excluding carboxylic acids is 1. The van der Waals surface area contributed by atoms with Crippen LogP contribution in [0.5, 0.6) is 0 Å². The van der Waals surface area contributed by atoms with Crippen LogP contribution in [0.15, 0.2) is 36.8 Å². The fraction of sp³-hybridized carbons (Fsp3) is 0.154. The van der Waals surface area contributed by atoms with Crippen molar-refractivity contribution >= 4 is 17.7 Å². The minimum atomic E-state index is -1.04. The zero-order valence-electron chi connectivity index (χ0n) is 10.1. The predicted octanol–water partition coefficient (Wildman–Crippen LogP) is 1.68. The third-order valence-corrected chi connectivity index (χ3v) is 2.58. The number of nitrogens with zero attached hydrogens (tertiary/aromatic N) is 1. The van der Waals surface area contributed by atoms with E-state index in [9.17, 15) is 9.59 Å². The summed E-state index contributed by atoms with van der Waals surface area (Å²) in [4.78, 5) is 29.1. The molecule has 0 spiro atoms. The van der Waals surface area contributed by atoms with Crippen LogP contribution in [0, 0.1) is 0 Å². The van der Waals surface area contributed by atoms with Gasteiger partial charge in [0.1, 0.15) is 5.82 Å². The summed E-state index contributed by atoms with van der Waals surface area (Å²) in [5, 5.41) is 11.3. The van der Waals surface area contributed by atoms with Gasteiger partial charge in [-0.15, -0.1) is 0 Å². The highest BCUT2D eigenvalue weighted by atomic mass is 16.4. The summed E-state index contributed by atoms with van der Waals surface area (Å²) in [7, 11) is 0. The summed E-state index contributed by atoms with van der Waals surface area (Å²) in [6, 6.07) is 4.78. The van der Waals surface area contributed by atoms with Gasteiger partial charge in [0, 0.05) is 25.0 Å². The first-order chi connectivity index (χ1) is 9.15. The molecule has 3 N–H and O–H groups in total. The van der Waals surface area contributed by atoms with E-state index in [0.29, 0.717) is 18.7 Å². The molecular formula is C13H13N3O3. The van der Waals surface area contributed by atoms with Gasteiger partial charge in [0.15, 0.2) is 0 Å². The van der Waals surface area contributed by atoms with Crippen molar-refractivity contribution in [3.63, 3.8) is 0 Å². The third-order valence-electron chi connectivity index (χ3n) is 2.58. The van der Waals surface area contributed by atoms with Crippen molar-refractivity contribution in [3.05, 3.63) is 47.9 Å². The molecule has 0 radical (unpaired) electrons. The molecule has 0 fully saturated rings. The lowest BCUT2D eigenvalue weighted by molar-refractivity contribution is -0.116. The van der Waals surface area contributed by atoms with Gasteiger partial charge in [-0.05, 0) is 30.2 Å². The van der Waals surface area contributed by atoms with Gasteiger partial charge in [-0.1, -0.05) is 0 Å². The minimum absolute atomic E-state index is 0.0883. The lowest BCUT2D eigenvalue weighted by Crippen LogP contribution is -2.13. The number of rotatable bonds is 5. The number of carboxylic acids is 1. The Morgan fingerprint density at radius 1 is 1.32 bits per heavy atom. The molecule has 6 heteroatoms. The van der Waals surface area contributed by atoms with Crippen molar-refractivity contribution in [2.24, 2.45) is 0 Å². The average Bonchev–Trinajstić information content (AvgIpc) is 2.90. The zero-order valence-corrected chi connectivity index (χ0v) is 10.1. The number of hydrogen-bond donors (Lipinski definition) is 3. The maximum absolute atomic E-state index is 11.6. The Balaban J connectivity index is 1.86.